The monoisotopic (exact) mass is 263 g/mol. The maximum Gasteiger partial charge on any atom is 0.123 e. The van der Waals surface area contributed by atoms with E-state index in [1.807, 2.05) is 0 Å². The summed E-state index contributed by atoms with van der Waals surface area (Å²) >= 11 is 0. The molecular formula is C16H22FNO. The number of fused-ring (bicyclic) bond motifs is 1. The van der Waals surface area contributed by atoms with Crippen molar-refractivity contribution < 1.29 is 9.13 Å². The standard InChI is InChI=1S/C16H22FNO/c1-11(12-4-2-3-5-12)18-10-15-9-13-8-14(17)6-7-16(13)19-15/h6-8,11-12,15,18H,2-5,9-10H2,1H3/t11-,15?/m1/s1. The fourth-order valence-electron chi connectivity index (χ4n) is 3.34. The molecule has 2 aliphatic rings. The molecule has 0 radical (unpaired) electrons. The first kappa shape index (κ1) is 12.9. The molecule has 0 amide bonds. The summed E-state index contributed by atoms with van der Waals surface area (Å²) in [5.41, 5.74) is 1.00. The second kappa shape index (κ2) is 5.49. The normalized spacial score (nSPS) is 24.2. The van der Waals surface area contributed by atoms with Gasteiger partial charge in [0.2, 0.25) is 0 Å². The van der Waals surface area contributed by atoms with Crippen LogP contribution in [0.15, 0.2) is 18.2 Å². The van der Waals surface area contributed by atoms with Crippen LogP contribution >= 0.6 is 0 Å². The van der Waals surface area contributed by atoms with Crippen LogP contribution in [0.4, 0.5) is 4.39 Å². The van der Waals surface area contributed by atoms with E-state index < -0.39 is 0 Å². The van der Waals surface area contributed by atoms with E-state index in [2.05, 4.69) is 12.2 Å². The lowest BCUT2D eigenvalue weighted by molar-refractivity contribution is 0.214. The van der Waals surface area contributed by atoms with Crippen molar-refractivity contribution in [1.82, 2.24) is 5.32 Å². The van der Waals surface area contributed by atoms with Gasteiger partial charge < -0.3 is 10.1 Å². The average Bonchev–Trinajstić information content (AvgIpc) is 3.04. The number of benzene rings is 1. The van der Waals surface area contributed by atoms with Crippen LogP contribution in [0.5, 0.6) is 5.75 Å². The zero-order valence-corrected chi connectivity index (χ0v) is 11.5. The minimum absolute atomic E-state index is 0.153. The van der Waals surface area contributed by atoms with Crippen molar-refractivity contribution in [2.75, 3.05) is 6.54 Å². The molecule has 0 spiro atoms. The van der Waals surface area contributed by atoms with Gasteiger partial charge in [-0.15, -0.1) is 0 Å². The summed E-state index contributed by atoms with van der Waals surface area (Å²) in [6.07, 6.45) is 6.43. The van der Waals surface area contributed by atoms with Gasteiger partial charge in [0.25, 0.3) is 0 Å². The van der Waals surface area contributed by atoms with Gasteiger partial charge in [0.15, 0.2) is 0 Å². The molecule has 1 saturated carbocycles. The molecule has 0 bridgehead atoms. The molecule has 0 saturated heterocycles. The van der Waals surface area contributed by atoms with Crippen LogP contribution in [0.2, 0.25) is 0 Å². The zero-order chi connectivity index (χ0) is 13.2. The Bertz CT molecular complexity index is 442. The molecule has 1 N–H and O–H groups in total. The molecule has 1 unspecified atom stereocenters. The van der Waals surface area contributed by atoms with Gasteiger partial charge in [-0.1, -0.05) is 12.8 Å². The van der Waals surface area contributed by atoms with Crippen LogP contribution in [0.25, 0.3) is 0 Å². The molecule has 1 aromatic carbocycles. The number of hydrogen-bond acceptors (Lipinski definition) is 2. The Morgan fingerprint density at radius 3 is 2.95 bits per heavy atom. The molecule has 2 atom stereocenters. The fourth-order valence-corrected chi connectivity index (χ4v) is 3.34. The zero-order valence-electron chi connectivity index (χ0n) is 11.5. The van der Waals surface area contributed by atoms with E-state index >= 15 is 0 Å². The van der Waals surface area contributed by atoms with Gasteiger partial charge in [-0.05, 0) is 43.9 Å². The quantitative estimate of drug-likeness (QED) is 0.900. The first-order chi connectivity index (χ1) is 9.22. The van der Waals surface area contributed by atoms with Crippen molar-refractivity contribution in [3.05, 3.63) is 29.6 Å². The van der Waals surface area contributed by atoms with Crippen LogP contribution < -0.4 is 10.1 Å². The molecular weight excluding hydrogens is 241 g/mol. The third-order valence-electron chi connectivity index (χ3n) is 4.54. The summed E-state index contributed by atoms with van der Waals surface area (Å²) in [6, 6.07) is 5.36. The molecule has 3 heteroatoms. The van der Waals surface area contributed by atoms with Gasteiger partial charge in [-0.3, -0.25) is 0 Å². The third-order valence-corrected chi connectivity index (χ3v) is 4.54. The first-order valence-corrected chi connectivity index (χ1v) is 7.41. The van der Waals surface area contributed by atoms with Crippen molar-refractivity contribution >= 4 is 0 Å². The van der Waals surface area contributed by atoms with Crippen LogP contribution in [0, 0.1) is 11.7 Å². The topological polar surface area (TPSA) is 21.3 Å². The van der Waals surface area contributed by atoms with Crippen LogP contribution in [0.1, 0.15) is 38.2 Å². The van der Waals surface area contributed by atoms with E-state index in [0.29, 0.717) is 6.04 Å². The summed E-state index contributed by atoms with van der Waals surface area (Å²) < 4.78 is 19.0. The number of halogens is 1. The highest BCUT2D eigenvalue weighted by molar-refractivity contribution is 5.37. The van der Waals surface area contributed by atoms with Crippen molar-refractivity contribution in [3.8, 4) is 5.75 Å². The van der Waals surface area contributed by atoms with Crippen molar-refractivity contribution in [1.29, 1.82) is 0 Å². The summed E-state index contributed by atoms with van der Waals surface area (Å²) in [7, 11) is 0. The van der Waals surface area contributed by atoms with E-state index in [-0.39, 0.29) is 11.9 Å². The van der Waals surface area contributed by atoms with Gasteiger partial charge in [0.05, 0.1) is 0 Å². The van der Waals surface area contributed by atoms with Crippen LogP contribution in [-0.4, -0.2) is 18.7 Å². The summed E-state index contributed by atoms with van der Waals surface area (Å²) in [5.74, 6) is 1.50. The fraction of sp³-hybridized carbons (Fsp3) is 0.625. The number of hydrogen-bond donors (Lipinski definition) is 1. The maximum absolute atomic E-state index is 13.1. The molecule has 1 aliphatic carbocycles. The number of rotatable bonds is 4. The maximum atomic E-state index is 13.1. The Morgan fingerprint density at radius 2 is 2.16 bits per heavy atom. The molecule has 19 heavy (non-hydrogen) atoms. The summed E-state index contributed by atoms with van der Waals surface area (Å²) in [6.45, 7) is 3.13. The Balaban J connectivity index is 1.50. The van der Waals surface area contributed by atoms with Crippen molar-refractivity contribution in [3.63, 3.8) is 0 Å². The Hall–Kier alpha value is -1.09. The van der Waals surface area contributed by atoms with Crippen molar-refractivity contribution in [2.45, 2.75) is 51.2 Å². The molecule has 2 nitrogen and oxygen atoms in total. The Morgan fingerprint density at radius 1 is 1.37 bits per heavy atom. The minimum atomic E-state index is -0.171. The highest BCUT2D eigenvalue weighted by Crippen LogP contribution is 2.30. The number of nitrogens with one attached hydrogen (secondary N) is 1. The smallest absolute Gasteiger partial charge is 0.123 e. The van der Waals surface area contributed by atoms with E-state index in [0.717, 1.165) is 30.2 Å². The second-order valence-corrected chi connectivity index (χ2v) is 5.94. The third kappa shape index (κ3) is 2.92. The molecule has 1 aromatic rings. The van der Waals surface area contributed by atoms with Crippen LogP contribution in [-0.2, 0) is 6.42 Å². The Kier molecular flexibility index (Phi) is 3.74. The highest BCUT2D eigenvalue weighted by atomic mass is 19.1. The van der Waals surface area contributed by atoms with Crippen LogP contribution in [0.3, 0.4) is 0 Å². The van der Waals surface area contributed by atoms with Gasteiger partial charge in [-0.25, -0.2) is 4.39 Å². The molecule has 0 aromatic heterocycles. The van der Waals surface area contributed by atoms with Crippen molar-refractivity contribution in [2.24, 2.45) is 5.92 Å². The molecule has 3 rings (SSSR count). The lowest BCUT2D eigenvalue weighted by atomic mass is 9.99. The summed E-state index contributed by atoms with van der Waals surface area (Å²) in [4.78, 5) is 0. The molecule has 1 aliphatic heterocycles. The predicted molar refractivity (Wildman–Crippen MR) is 73.9 cm³/mol. The number of ether oxygens (including phenoxy) is 1. The van der Waals surface area contributed by atoms with E-state index in [1.165, 1.54) is 31.7 Å². The van der Waals surface area contributed by atoms with E-state index in [4.69, 9.17) is 4.74 Å². The summed E-state index contributed by atoms with van der Waals surface area (Å²) in [5, 5.41) is 3.60. The minimum Gasteiger partial charge on any atom is -0.488 e. The van der Waals surface area contributed by atoms with Gasteiger partial charge in [0.1, 0.15) is 17.7 Å². The largest absolute Gasteiger partial charge is 0.488 e. The van der Waals surface area contributed by atoms with Gasteiger partial charge in [-0.2, -0.15) is 0 Å². The first-order valence-electron chi connectivity index (χ1n) is 7.41. The molecule has 1 fully saturated rings. The molecule has 1 heterocycles. The van der Waals surface area contributed by atoms with Gasteiger partial charge >= 0.3 is 0 Å². The SMILES string of the molecule is C[C@@H](NCC1Cc2cc(F)ccc2O1)C1CCCC1. The second-order valence-electron chi connectivity index (χ2n) is 5.94. The Labute approximate surface area is 114 Å². The average molecular weight is 263 g/mol. The predicted octanol–water partition coefficient (Wildman–Crippen LogP) is 3.30. The lowest BCUT2D eigenvalue weighted by Crippen LogP contribution is -2.39. The highest BCUT2D eigenvalue weighted by Gasteiger charge is 2.26. The lowest BCUT2D eigenvalue weighted by Gasteiger charge is -2.22. The van der Waals surface area contributed by atoms with E-state index in [9.17, 15) is 4.39 Å². The molecule has 104 valence electrons. The van der Waals surface area contributed by atoms with E-state index in [1.54, 1.807) is 12.1 Å². The van der Waals surface area contributed by atoms with Gasteiger partial charge in [0, 0.05) is 24.6 Å².